The van der Waals surface area contributed by atoms with Crippen molar-refractivity contribution >= 4 is 0 Å². The predicted octanol–water partition coefficient (Wildman–Crippen LogP) is 1.33. The lowest BCUT2D eigenvalue weighted by molar-refractivity contribution is 0.218. The SMILES string of the molecule is CC[C@H](C)N1C[C@H]2CNC[C@@]2(C)C1. The molecule has 2 saturated heterocycles. The first kappa shape index (κ1) is 9.47. The second-order valence-corrected chi connectivity index (χ2v) is 5.17. The Hall–Kier alpha value is -0.0800. The number of hydrogen-bond acceptors (Lipinski definition) is 2. The van der Waals surface area contributed by atoms with E-state index in [1.54, 1.807) is 0 Å². The highest BCUT2D eigenvalue weighted by atomic mass is 15.2. The Morgan fingerprint density at radius 1 is 1.62 bits per heavy atom. The van der Waals surface area contributed by atoms with Gasteiger partial charge in [-0.25, -0.2) is 0 Å². The molecule has 13 heavy (non-hydrogen) atoms. The van der Waals surface area contributed by atoms with Crippen LogP contribution in [0.5, 0.6) is 0 Å². The summed E-state index contributed by atoms with van der Waals surface area (Å²) < 4.78 is 0. The van der Waals surface area contributed by atoms with Crippen LogP contribution in [-0.2, 0) is 0 Å². The van der Waals surface area contributed by atoms with Crippen LogP contribution in [0.3, 0.4) is 0 Å². The highest BCUT2D eigenvalue weighted by Gasteiger charge is 2.46. The van der Waals surface area contributed by atoms with Crippen LogP contribution < -0.4 is 5.32 Å². The monoisotopic (exact) mass is 182 g/mol. The number of likely N-dealkylation sites (tertiary alicyclic amines) is 1. The molecule has 0 amide bonds. The molecule has 2 aliphatic heterocycles. The number of fused-ring (bicyclic) bond motifs is 1. The summed E-state index contributed by atoms with van der Waals surface area (Å²) in [6.07, 6.45) is 1.29. The zero-order valence-electron chi connectivity index (χ0n) is 9.14. The average molecular weight is 182 g/mol. The third-order valence-electron chi connectivity index (χ3n) is 4.14. The zero-order valence-corrected chi connectivity index (χ0v) is 9.14. The number of rotatable bonds is 2. The first-order valence-corrected chi connectivity index (χ1v) is 5.60. The van der Waals surface area contributed by atoms with E-state index in [9.17, 15) is 0 Å². The van der Waals surface area contributed by atoms with Gasteiger partial charge in [-0.2, -0.15) is 0 Å². The van der Waals surface area contributed by atoms with Gasteiger partial charge in [-0.3, -0.25) is 4.90 Å². The Morgan fingerprint density at radius 3 is 3.00 bits per heavy atom. The van der Waals surface area contributed by atoms with Crippen LogP contribution in [0, 0.1) is 11.3 Å². The van der Waals surface area contributed by atoms with Crippen molar-refractivity contribution in [3.63, 3.8) is 0 Å². The molecule has 0 saturated carbocycles. The molecule has 0 aromatic heterocycles. The second kappa shape index (κ2) is 3.25. The van der Waals surface area contributed by atoms with Crippen LogP contribution in [0.25, 0.3) is 0 Å². The van der Waals surface area contributed by atoms with Crippen LogP contribution >= 0.6 is 0 Å². The standard InChI is InChI=1S/C11H22N2/c1-4-9(2)13-6-10-5-12-7-11(10,3)8-13/h9-10,12H,4-8H2,1-3H3/t9-,10+,11-/m0/s1. The Labute approximate surface area is 81.7 Å². The van der Waals surface area contributed by atoms with Crippen LogP contribution in [0.1, 0.15) is 27.2 Å². The summed E-state index contributed by atoms with van der Waals surface area (Å²) in [5, 5.41) is 3.52. The van der Waals surface area contributed by atoms with Crippen molar-refractivity contribution in [3.05, 3.63) is 0 Å². The first-order chi connectivity index (χ1) is 6.15. The summed E-state index contributed by atoms with van der Waals surface area (Å²) in [7, 11) is 0. The molecule has 0 bridgehead atoms. The molecule has 0 radical (unpaired) electrons. The maximum Gasteiger partial charge on any atom is 0.00646 e. The molecule has 76 valence electrons. The normalized spacial score (nSPS) is 42.2. The molecule has 0 aliphatic carbocycles. The fourth-order valence-electron chi connectivity index (χ4n) is 2.80. The number of nitrogens with one attached hydrogen (secondary N) is 1. The van der Waals surface area contributed by atoms with Gasteiger partial charge in [0.25, 0.3) is 0 Å². The predicted molar refractivity (Wildman–Crippen MR) is 55.8 cm³/mol. The molecule has 2 heteroatoms. The van der Waals surface area contributed by atoms with E-state index in [4.69, 9.17) is 0 Å². The highest BCUT2D eigenvalue weighted by molar-refractivity contribution is 5.01. The van der Waals surface area contributed by atoms with Crippen molar-refractivity contribution in [2.45, 2.75) is 33.2 Å². The molecule has 1 N–H and O–H groups in total. The lowest BCUT2D eigenvalue weighted by Crippen LogP contribution is -2.35. The fraction of sp³-hybridized carbons (Fsp3) is 1.00. The summed E-state index contributed by atoms with van der Waals surface area (Å²) in [5.41, 5.74) is 0.573. The molecule has 2 fully saturated rings. The van der Waals surface area contributed by atoms with E-state index in [2.05, 4.69) is 31.0 Å². The second-order valence-electron chi connectivity index (χ2n) is 5.17. The number of nitrogens with zero attached hydrogens (tertiary/aromatic N) is 1. The van der Waals surface area contributed by atoms with Gasteiger partial charge in [0, 0.05) is 25.7 Å². The van der Waals surface area contributed by atoms with E-state index in [1.807, 2.05) is 0 Å². The van der Waals surface area contributed by atoms with Crippen LogP contribution in [0.15, 0.2) is 0 Å². The third kappa shape index (κ3) is 1.50. The van der Waals surface area contributed by atoms with Gasteiger partial charge in [0.2, 0.25) is 0 Å². The topological polar surface area (TPSA) is 15.3 Å². The zero-order chi connectivity index (χ0) is 9.47. The summed E-state index contributed by atoms with van der Waals surface area (Å²) in [5.74, 6) is 0.904. The fourth-order valence-corrected chi connectivity index (χ4v) is 2.80. The third-order valence-corrected chi connectivity index (χ3v) is 4.14. The molecule has 2 heterocycles. The van der Waals surface area contributed by atoms with Gasteiger partial charge in [-0.05, 0) is 31.2 Å². The largest absolute Gasteiger partial charge is 0.316 e. The lowest BCUT2D eigenvalue weighted by Gasteiger charge is -2.26. The molecule has 0 spiro atoms. The molecule has 0 aromatic rings. The van der Waals surface area contributed by atoms with E-state index in [0.29, 0.717) is 5.41 Å². The Bertz CT molecular complexity index is 193. The van der Waals surface area contributed by atoms with Crippen molar-refractivity contribution in [1.82, 2.24) is 10.2 Å². The van der Waals surface area contributed by atoms with Gasteiger partial charge in [-0.15, -0.1) is 0 Å². The molecule has 0 unspecified atom stereocenters. The van der Waals surface area contributed by atoms with Gasteiger partial charge < -0.3 is 5.32 Å². The van der Waals surface area contributed by atoms with Crippen molar-refractivity contribution in [3.8, 4) is 0 Å². The van der Waals surface area contributed by atoms with Crippen molar-refractivity contribution < 1.29 is 0 Å². The van der Waals surface area contributed by atoms with E-state index < -0.39 is 0 Å². The molecule has 3 atom stereocenters. The van der Waals surface area contributed by atoms with Gasteiger partial charge >= 0.3 is 0 Å². The minimum atomic E-state index is 0.573. The summed E-state index contributed by atoms with van der Waals surface area (Å²) >= 11 is 0. The summed E-state index contributed by atoms with van der Waals surface area (Å²) in [6.45, 7) is 12.2. The Morgan fingerprint density at radius 2 is 2.38 bits per heavy atom. The van der Waals surface area contributed by atoms with Gasteiger partial charge in [0.15, 0.2) is 0 Å². The van der Waals surface area contributed by atoms with Crippen molar-refractivity contribution in [2.75, 3.05) is 26.2 Å². The lowest BCUT2D eigenvalue weighted by atomic mass is 9.83. The Kier molecular flexibility index (Phi) is 2.37. The molecular formula is C11H22N2. The minimum absolute atomic E-state index is 0.573. The van der Waals surface area contributed by atoms with Gasteiger partial charge in [0.1, 0.15) is 0 Å². The van der Waals surface area contributed by atoms with Crippen molar-refractivity contribution in [2.24, 2.45) is 11.3 Å². The smallest absolute Gasteiger partial charge is 0.00646 e. The van der Waals surface area contributed by atoms with E-state index in [0.717, 1.165) is 12.0 Å². The number of hydrogen-bond donors (Lipinski definition) is 1. The maximum absolute atomic E-state index is 3.52. The summed E-state index contributed by atoms with van der Waals surface area (Å²) in [4.78, 5) is 2.67. The molecule has 0 aromatic carbocycles. The Balaban J connectivity index is 2.01. The first-order valence-electron chi connectivity index (χ1n) is 5.60. The van der Waals surface area contributed by atoms with E-state index in [1.165, 1.54) is 32.6 Å². The quantitative estimate of drug-likeness (QED) is 0.693. The van der Waals surface area contributed by atoms with Crippen LogP contribution in [0.2, 0.25) is 0 Å². The van der Waals surface area contributed by atoms with Crippen LogP contribution in [0.4, 0.5) is 0 Å². The van der Waals surface area contributed by atoms with Crippen molar-refractivity contribution in [1.29, 1.82) is 0 Å². The molecule has 2 aliphatic rings. The van der Waals surface area contributed by atoms with E-state index in [-0.39, 0.29) is 0 Å². The van der Waals surface area contributed by atoms with Gasteiger partial charge in [-0.1, -0.05) is 13.8 Å². The molecule has 2 rings (SSSR count). The van der Waals surface area contributed by atoms with Crippen LogP contribution in [-0.4, -0.2) is 37.1 Å². The minimum Gasteiger partial charge on any atom is -0.316 e. The molecule has 2 nitrogen and oxygen atoms in total. The maximum atomic E-state index is 3.52. The highest BCUT2D eigenvalue weighted by Crippen LogP contribution is 2.39. The molecular weight excluding hydrogens is 160 g/mol. The van der Waals surface area contributed by atoms with E-state index >= 15 is 0 Å². The summed E-state index contributed by atoms with van der Waals surface area (Å²) in [6, 6.07) is 0.780. The van der Waals surface area contributed by atoms with Gasteiger partial charge in [0.05, 0.1) is 0 Å². The average Bonchev–Trinajstić information content (AvgIpc) is 2.57.